The number of rotatable bonds is 2. The monoisotopic (exact) mass is 297 g/mol. The quantitative estimate of drug-likeness (QED) is 0.851. The molecule has 1 aromatic heterocycles. The number of aromatic nitrogens is 2. The highest BCUT2D eigenvalue weighted by molar-refractivity contribution is 5.97. The van der Waals surface area contributed by atoms with Crippen LogP contribution in [0.4, 0.5) is 0 Å². The van der Waals surface area contributed by atoms with E-state index in [9.17, 15) is 4.79 Å². The van der Waals surface area contributed by atoms with E-state index in [4.69, 9.17) is 4.98 Å². The first-order valence-corrected chi connectivity index (χ1v) is 8.50. The van der Waals surface area contributed by atoms with Crippen molar-refractivity contribution in [3.05, 3.63) is 29.6 Å². The van der Waals surface area contributed by atoms with Crippen molar-refractivity contribution < 1.29 is 4.79 Å². The second kappa shape index (κ2) is 5.41. The molecule has 1 aliphatic heterocycles. The van der Waals surface area contributed by atoms with Gasteiger partial charge in [0, 0.05) is 31.6 Å². The molecule has 2 aromatic rings. The van der Waals surface area contributed by atoms with Crippen LogP contribution in [0.1, 0.15) is 60.6 Å². The van der Waals surface area contributed by atoms with Crippen LogP contribution >= 0.6 is 0 Å². The molecule has 1 aromatic carbocycles. The van der Waals surface area contributed by atoms with Crippen LogP contribution in [0.2, 0.25) is 0 Å². The van der Waals surface area contributed by atoms with Gasteiger partial charge in [-0.2, -0.15) is 0 Å². The zero-order chi connectivity index (χ0) is 15.1. The summed E-state index contributed by atoms with van der Waals surface area (Å²) in [6.07, 6.45) is 7.24. The topological polar surface area (TPSA) is 38.1 Å². The normalized spacial score (nSPS) is 19.4. The van der Waals surface area contributed by atoms with E-state index < -0.39 is 0 Å². The number of carbonyl (C=O) groups excluding carboxylic acids is 1. The Balaban J connectivity index is 1.65. The summed E-state index contributed by atoms with van der Waals surface area (Å²) in [5.41, 5.74) is 2.88. The van der Waals surface area contributed by atoms with Gasteiger partial charge in [-0.25, -0.2) is 4.98 Å². The molecule has 1 amide bonds. The maximum absolute atomic E-state index is 12.7. The molecule has 22 heavy (non-hydrogen) atoms. The zero-order valence-corrected chi connectivity index (χ0v) is 13.2. The van der Waals surface area contributed by atoms with Gasteiger partial charge < -0.3 is 9.47 Å². The zero-order valence-electron chi connectivity index (χ0n) is 13.2. The van der Waals surface area contributed by atoms with Crippen LogP contribution in [0.3, 0.4) is 0 Å². The van der Waals surface area contributed by atoms with E-state index in [-0.39, 0.29) is 5.91 Å². The van der Waals surface area contributed by atoms with Crippen molar-refractivity contribution >= 4 is 16.9 Å². The first kappa shape index (κ1) is 13.8. The molecule has 0 radical (unpaired) electrons. The predicted molar refractivity (Wildman–Crippen MR) is 87.1 cm³/mol. The molecule has 4 nitrogen and oxygen atoms in total. The van der Waals surface area contributed by atoms with Crippen LogP contribution in [0.15, 0.2) is 18.2 Å². The van der Waals surface area contributed by atoms with Crippen molar-refractivity contribution in [2.24, 2.45) is 7.05 Å². The molecule has 2 aliphatic rings. The molecule has 1 aliphatic carbocycles. The average Bonchev–Trinajstić information content (AvgIpc) is 3.35. The Morgan fingerprint density at radius 3 is 2.55 bits per heavy atom. The van der Waals surface area contributed by atoms with Gasteiger partial charge >= 0.3 is 0 Å². The summed E-state index contributed by atoms with van der Waals surface area (Å²) in [5, 5.41) is 0. The molecule has 1 saturated carbocycles. The van der Waals surface area contributed by atoms with Crippen LogP contribution in [0, 0.1) is 0 Å². The lowest BCUT2D eigenvalue weighted by Crippen LogP contribution is -2.31. The first-order chi connectivity index (χ1) is 10.7. The second-order valence-electron chi connectivity index (χ2n) is 6.71. The van der Waals surface area contributed by atoms with Gasteiger partial charge in [-0.15, -0.1) is 0 Å². The summed E-state index contributed by atoms with van der Waals surface area (Å²) in [6.45, 7) is 1.79. The van der Waals surface area contributed by atoms with Gasteiger partial charge in [-0.3, -0.25) is 4.79 Å². The minimum atomic E-state index is 0.169. The van der Waals surface area contributed by atoms with E-state index in [0.717, 1.165) is 42.5 Å². The van der Waals surface area contributed by atoms with Crippen molar-refractivity contribution in [1.29, 1.82) is 0 Å². The molecule has 0 spiro atoms. The first-order valence-electron chi connectivity index (χ1n) is 8.50. The van der Waals surface area contributed by atoms with Gasteiger partial charge in [0.05, 0.1) is 11.0 Å². The Hall–Kier alpha value is -1.84. The molecule has 1 saturated heterocycles. The van der Waals surface area contributed by atoms with E-state index in [0.29, 0.717) is 5.92 Å². The van der Waals surface area contributed by atoms with Gasteiger partial charge in [0.25, 0.3) is 5.91 Å². The fraction of sp³-hybridized carbons (Fsp3) is 0.556. The van der Waals surface area contributed by atoms with E-state index >= 15 is 0 Å². The lowest BCUT2D eigenvalue weighted by Gasteiger charge is -2.20. The maximum Gasteiger partial charge on any atom is 0.253 e. The standard InChI is InChI=1S/C18H23N3O/c1-20-16-9-8-14(12-15(16)19-17(20)13-6-7-13)18(22)21-10-4-2-3-5-11-21/h8-9,12-13H,2-7,10-11H2,1H3. The molecule has 0 N–H and O–H groups in total. The molecule has 0 unspecified atom stereocenters. The number of imidazole rings is 1. The Morgan fingerprint density at radius 2 is 1.86 bits per heavy atom. The fourth-order valence-electron chi connectivity index (χ4n) is 3.51. The Bertz CT molecular complexity index is 706. The minimum absolute atomic E-state index is 0.169. The third-order valence-electron chi connectivity index (χ3n) is 5.00. The van der Waals surface area contributed by atoms with Crippen molar-refractivity contribution in [2.75, 3.05) is 13.1 Å². The van der Waals surface area contributed by atoms with Gasteiger partial charge in [0.15, 0.2) is 0 Å². The molecule has 2 fully saturated rings. The predicted octanol–water partition coefficient (Wildman–Crippen LogP) is 3.47. The number of likely N-dealkylation sites (tertiary alicyclic amines) is 1. The molecule has 0 bridgehead atoms. The number of benzene rings is 1. The third kappa shape index (κ3) is 2.40. The molecule has 4 heteroatoms. The SMILES string of the molecule is Cn1c(C2CC2)nc2cc(C(=O)N3CCCCCC3)ccc21. The van der Waals surface area contributed by atoms with Crippen LogP contribution < -0.4 is 0 Å². The largest absolute Gasteiger partial charge is 0.339 e. The van der Waals surface area contributed by atoms with Crippen molar-refractivity contribution in [3.63, 3.8) is 0 Å². The van der Waals surface area contributed by atoms with Gasteiger partial charge in [0.1, 0.15) is 5.82 Å². The summed E-state index contributed by atoms with van der Waals surface area (Å²) < 4.78 is 2.19. The van der Waals surface area contributed by atoms with E-state index in [1.165, 1.54) is 31.5 Å². The number of amides is 1. The number of nitrogens with zero attached hydrogens (tertiary/aromatic N) is 3. The molecule has 4 rings (SSSR count). The number of aryl methyl sites for hydroxylation is 1. The van der Waals surface area contributed by atoms with Crippen molar-refractivity contribution in [1.82, 2.24) is 14.5 Å². The lowest BCUT2D eigenvalue weighted by atomic mass is 10.1. The van der Waals surface area contributed by atoms with Gasteiger partial charge in [-0.1, -0.05) is 12.8 Å². The van der Waals surface area contributed by atoms with Crippen molar-refractivity contribution in [2.45, 2.75) is 44.4 Å². The minimum Gasteiger partial charge on any atom is -0.339 e. The fourth-order valence-corrected chi connectivity index (χ4v) is 3.51. The molecule has 116 valence electrons. The third-order valence-corrected chi connectivity index (χ3v) is 5.00. The smallest absolute Gasteiger partial charge is 0.253 e. The van der Waals surface area contributed by atoms with Crippen molar-refractivity contribution in [3.8, 4) is 0 Å². The van der Waals surface area contributed by atoms with E-state index in [1.54, 1.807) is 0 Å². The van der Waals surface area contributed by atoms with Crippen LogP contribution in [0.25, 0.3) is 11.0 Å². The van der Waals surface area contributed by atoms with E-state index in [1.807, 2.05) is 17.0 Å². The number of fused-ring (bicyclic) bond motifs is 1. The number of carbonyl (C=O) groups is 1. The maximum atomic E-state index is 12.7. The number of hydrogen-bond acceptors (Lipinski definition) is 2. The highest BCUT2D eigenvalue weighted by atomic mass is 16.2. The van der Waals surface area contributed by atoms with Crippen LogP contribution in [-0.4, -0.2) is 33.4 Å². The summed E-state index contributed by atoms with van der Waals surface area (Å²) in [4.78, 5) is 19.5. The summed E-state index contributed by atoms with van der Waals surface area (Å²) in [7, 11) is 2.08. The Kier molecular flexibility index (Phi) is 3.40. The molecular formula is C18H23N3O. The summed E-state index contributed by atoms with van der Waals surface area (Å²) in [6, 6.07) is 6.00. The highest BCUT2D eigenvalue weighted by Gasteiger charge is 2.29. The summed E-state index contributed by atoms with van der Waals surface area (Å²) >= 11 is 0. The van der Waals surface area contributed by atoms with Crippen LogP contribution in [-0.2, 0) is 7.05 Å². The highest BCUT2D eigenvalue weighted by Crippen LogP contribution is 2.40. The lowest BCUT2D eigenvalue weighted by molar-refractivity contribution is 0.0762. The van der Waals surface area contributed by atoms with Crippen LogP contribution in [0.5, 0.6) is 0 Å². The summed E-state index contributed by atoms with van der Waals surface area (Å²) in [5.74, 6) is 1.97. The van der Waals surface area contributed by atoms with E-state index in [2.05, 4.69) is 17.7 Å². The average molecular weight is 297 g/mol. The van der Waals surface area contributed by atoms with Gasteiger partial charge in [0.2, 0.25) is 0 Å². The molecule has 0 atom stereocenters. The molecular weight excluding hydrogens is 274 g/mol. The number of hydrogen-bond donors (Lipinski definition) is 0. The van der Waals surface area contributed by atoms with Gasteiger partial charge in [-0.05, 0) is 43.9 Å². The Morgan fingerprint density at radius 1 is 1.14 bits per heavy atom. The molecule has 2 heterocycles. The second-order valence-corrected chi connectivity index (χ2v) is 6.71. The Labute approximate surface area is 131 Å².